The van der Waals surface area contributed by atoms with E-state index in [1.165, 1.54) is 16.8 Å². The van der Waals surface area contributed by atoms with Crippen molar-refractivity contribution in [1.82, 2.24) is 9.99 Å². The number of hydrogen-bond donors (Lipinski definition) is 1. The molecule has 1 amide bonds. The first-order chi connectivity index (χ1) is 12.4. The van der Waals surface area contributed by atoms with Gasteiger partial charge in [-0.05, 0) is 44.0 Å². The number of pyridine rings is 1. The summed E-state index contributed by atoms with van der Waals surface area (Å²) in [5.74, 6) is 0.559. The average Bonchev–Trinajstić information content (AvgIpc) is 2.60. The predicted molar refractivity (Wildman–Crippen MR) is 103 cm³/mol. The van der Waals surface area contributed by atoms with E-state index in [1.807, 2.05) is 38.1 Å². The molecule has 6 heteroatoms. The van der Waals surface area contributed by atoms with Crippen LogP contribution in [0.1, 0.15) is 49.7 Å². The fourth-order valence-corrected chi connectivity index (χ4v) is 2.29. The summed E-state index contributed by atoms with van der Waals surface area (Å²) in [6, 6.07) is 10.6. The van der Waals surface area contributed by atoms with Crippen LogP contribution in [0.15, 0.2) is 52.5 Å². The number of hydrogen-bond acceptors (Lipinski definition) is 4. The standard InChI is InChI=1S/C20H25N3O3/c1-14(2)13-26-18-10-6-5-8-16(18)12-21-22-19(24)17-9-7-11-23(15(3)4)20(17)25/h5-12,14-15H,13H2,1-4H3,(H,22,24)/b21-12-. The second-order valence-electron chi connectivity index (χ2n) is 6.67. The summed E-state index contributed by atoms with van der Waals surface area (Å²) in [5, 5.41) is 3.97. The molecule has 0 atom stereocenters. The summed E-state index contributed by atoms with van der Waals surface area (Å²) < 4.78 is 7.25. The number of carbonyl (C=O) groups is 1. The Kier molecular flexibility index (Phi) is 6.72. The first-order valence-electron chi connectivity index (χ1n) is 8.66. The van der Waals surface area contributed by atoms with Gasteiger partial charge in [-0.3, -0.25) is 9.59 Å². The van der Waals surface area contributed by atoms with Gasteiger partial charge in [-0.2, -0.15) is 5.10 Å². The minimum absolute atomic E-state index is 0.0243. The first-order valence-corrected chi connectivity index (χ1v) is 8.66. The van der Waals surface area contributed by atoms with E-state index in [0.717, 1.165) is 5.56 Å². The molecule has 0 bridgehead atoms. The number of amides is 1. The minimum Gasteiger partial charge on any atom is -0.493 e. The Morgan fingerprint density at radius 2 is 1.92 bits per heavy atom. The third-order valence-corrected chi connectivity index (χ3v) is 3.64. The van der Waals surface area contributed by atoms with Gasteiger partial charge in [-0.25, -0.2) is 5.43 Å². The SMILES string of the molecule is CC(C)COc1ccccc1/C=N\NC(=O)c1cccn(C(C)C)c1=O. The van der Waals surface area contributed by atoms with Crippen molar-refractivity contribution in [2.24, 2.45) is 11.0 Å². The molecule has 0 aliphatic rings. The molecule has 1 aromatic heterocycles. The Bertz CT molecular complexity index is 838. The molecule has 0 unspecified atom stereocenters. The lowest BCUT2D eigenvalue weighted by Gasteiger charge is -2.11. The summed E-state index contributed by atoms with van der Waals surface area (Å²) >= 11 is 0. The molecule has 0 aliphatic heterocycles. The molecule has 2 aromatic rings. The number of rotatable bonds is 7. The predicted octanol–water partition coefficient (Wildman–Crippen LogP) is 3.23. The average molecular weight is 355 g/mol. The number of nitrogens with one attached hydrogen (secondary N) is 1. The maximum absolute atomic E-state index is 12.3. The highest BCUT2D eigenvalue weighted by Gasteiger charge is 2.12. The Hall–Kier alpha value is -2.89. The number of ether oxygens (including phenoxy) is 1. The lowest BCUT2D eigenvalue weighted by atomic mass is 10.2. The van der Waals surface area contributed by atoms with Crippen LogP contribution in [0.25, 0.3) is 0 Å². The lowest BCUT2D eigenvalue weighted by Crippen LogP contribution is -2.31. The van der Waals surface area contributed by atoms with Gasteiger partial charge in [0.15, 0.2) is 0 Å². The monoisotopic (exact) mass is 355 g/mol. The fourth-order valence-electron chi connectivity index (χ4n) is 2.29. The summed E-state index contributed by atoms with van der Waals surface area (Å²) in [7, 11) is 0. The van der Waals surface area contributed by atoms with Crippen LogP contribution < -0.4 is 15.7 Å². The summed E-state index contributed by atoms with van der Waals surface area (Å²) in [6.45, 7) is 8.50. The molecule has 1 aromatic carbocycles. The van der Waals surface area contributed by atoms with Crippen molar-refractivity contribution in [2.45, 2.75) is 33.7 Å². The summed E-state index contributed by atoms with van der Waals surface area (Å²) in [4.78, 5) is 24.6. The molecule has 2 rings (SSSR count). The summed E-state index contributed by atoms with van der Waals surface area (Å²) in [6.07, 6.45) is 3.17. The van der Waals surface area contributed by atoms with Gasteiger partial charge in [0.25, 0.3) is 11.5 Å². The number of aromatic nitrogens is 1. The van der Waals surface area contributed by atoms with Gasteiger partial charge in [0.05, 0.1) is 12.8 Å². The third kappa shape index (κ3) is 5.05. The van der Waals surface area contributed by atoms with Crippen molar-refractivity contribution in [2.75, 3.05) is 6.61 Å². The van der Waals surface area contributed by atoms with Gasteiger partial charge in [0, 0.05) is 17.8 Å². The number of benzene rings is 1. The van der Waals surface area contributed by atoms with Gasteiger partial charge in [0.2, 0.25) is 0 Å². The van der Waals surface area contributed by atoms with Crippen molar-refractivity contribution >= 4 is 12.1 Å². The second-order valence-corrected chi connectivity index (χ2v) is 6.67. The lowest BCUT2D eigenvalue weighted by molar-refractivity contribution is 0.0953. The van der Waals surface area contributed by atoms with Crippen LogP contribution in [-0.4, -0.2) is 23.3 Å². The molecule has 0 saturated heterocycles. The van der Waals surface area contributed by atoms with E-state index in [4.69, 9.17) is 4.74 Å². The van der Waals surface area contributed by atoms with Crippen molar-refractivity contribution < 1.29 is 9.53 Å². The maximum Gasteiger partial charge on any atom is 0.276 e. The Morgan fingerprint density at radius 3 is 2.62 bits per heavy atom. The molecule has 26 heavy (non-hydrogen) atoms. The molecule has 0 fully saturated rings. The van der Waals surface area contributed by atoms with E-state index in [0.29, 0.717) is 18.3 Å². The van der Waals surface area contributed by atoms with Crippen LogP contribution in [-0.2, 0) is 0 Å². The van der Waals surface area contributed by atoms with Crippen LogP contribution in [0.2, 0.25) is 0 Å². The van der Waals surface area contributed by atoms with Gasteiger partial charge in [0.1, 0.15) is 11.3 Å². The zero-order chi connectivity index (χ0) is 19.1. The van der Waals surface area contributed by atoms with Crippen molar-refractivity contribution in [3.8, 4) is 5.75 Å². The topological polar surface area (TPSA) is 72.7 Å². The largest absolute Gasteiger partial charge is 0.493 e. The second kappa shape index (κ2) is 8.99. The number of carbonyl (C=O) groups excluding carboxylic acids is 1. The van der Waals surface area contributed by atoms with Gasteiger partial charge in [-0.1, -0.05) is 26.0 Å². The maximum atomic E-state index is 12.3. The highest BCUT2D eigenvalue weighted by Crippen LogP contribution is 2.16. The van der Waals surface area contributed by atoms with E-state index in [2.05, 4.69) is 24.4 Å². The van der Waals surface area contributed by atoms with Crippen molar-refractivity contribution in [1.29, 1.82) is 0 Å². The summed E-state index contributed by atoms with van der Waals surface area (Å²) in [5.41, 5.74) is 2.88. The van der Waals surface area contributed by atoms with Crippen molar-refractivity contribution in [3.05, 3.63) is 64.1 Å². The van der Waals surface area contributed by atoms with Crippen LogP contribution >= 0.6 is 0 Å². The molecule has 1 N–H and O–H groups in total. The molecule has 0 spiro atoms. The molecular formula is C20H25N3O3. The highest BCUT2D eigenvalue weighted by molar-refractivity contribution is 5.94. The highest BCUT2D eigenvalue weighted by atomic mass is 16.5. The minimum atomic E-state index is -0.540. The van der Waals surface area contributed by atoms with Crippen LogP contribution in [0, 0.1) is 5.92 Å². The number of hydrazone groups is 1. The first kappa shape index (κ1) is 19.4. The van der Waals surface area contributed by atoms with E-state index >= 15 is 0 Å². The smallest absolute Gasteiger partial charge is 0.276 e. The van der Waals surface area contributed by atoms with E-state index in [9.17, 15) is 9.59 Å². The Morgan fingerprint density at radius 1 is 1.19 bits per heavy atom. The molecule has 138 valence electrons. The van der Waals surface area contributed by atoms with E-state index in [1.54, 1.807) is 12.3 Å². The number of para-hydroxylation sites is 1. The molecular weight excluding hydrogens is 330 g/mol. The fraction of sp³-hybridized carbons (Fsp3) is 0.350. The molecule has 6 nitrogen and oxygen atoms in total. The molecule has 1 heterocycles. The van der Waals surface area contributed by atoms with Crippen LogP contribution in [0.3, 0.4) is 0 Å². The molecule has 0 aliphatic carbocycles. The molecule has 0 saturated carbocycles. The quantitative estimate of drug-likeness (QED) is 0.612. The third-order valence-electron chi connectivity index (χ3n) is 3.64. The van der Waals surface area contributed by atoms with Gasteiger partial charge < -0.3 is 9.30 Å². The Balaban J connectivity index is 2.11. The van der Waals surface area contributed by atoms with Gasteiger partial charge in [-0.15, -0.1) is 0 Å². The molecule has 0 radical (unpaired) electrons. The van der Waals surface area contributed by atoms with Crippen molar-refractivity contribution in [3.63, 3.8) is 0 Å². The van der Waals surface area contributed by atoms with E-state index < -0.39 is 5.91 Å². The van der Waals surface area contributed by atoms with E-state index in [-0.39, 0.29) is 17.2 Å². The van der Waals surface area contributed by atoms with Gasteiger partial charge >= 0.3 is 0 Å². The zero-order valence-electron chi connectivity index (χ0n) is 15.6. The Labute approximate surface area is 153 Å². The zero-order valence-corrected chi connectivity index (χ0v) is 15.6. The van der Waals surface area contributed by atoms with Crippen LogP contribution in [0.5, 0.6) is 5.75 Å². The van der Waals surface area contributed by atoms with Crippen LogP contribution in [0.4, 0.5) is 0 Å². The number of nitrogens with zero attached hydrogens (tertiary/aromatic N) is 2. The normalized spacial score (nSPS) is 11.3.